The molecule has 3 saturated carbocycles. The number of nitrogens with zero attached hydrogens (tertiary/aromatic N) is 1. The lowest BCUT2D eigenvalue weighted by molar-refractivity contribution is -0.157. The summed E-state index contributed by atoms with van der Waals surface area (Å²) in [5, 5.41) is 46.8. The van der Waals surface area contributed by atoms with Crippen LogP contribution in [0.4, 0.5) is 0 Å². The van der Waals surface area contributed by atoms with Gasteiger partial charge in [-0.1, -0.05) is 89.9 Å². The molecule has 3 fully saturated rings. The molecule has 12 unspecified atom stereocenters. The first-order valence-corrected chi connectivity index (χ1v) is 19.4. The monoisotopic (exact) mass is 729 g/mol. The van der Waals surface area contributed by atoms with Crippen molar-refractivity contribution >= 4 is 29.6 Å². The van der Waals surface area contributed by atoms with Gasteiger partial charge < -0.3 is 31.9 Å². The lowest BCUT2D eigenvalue weighted by Gasteiger charge is -2.65. The number of aliphatic imine (C=N–C) groups is 1. The first-order chi connectivity index (χ1) is 24.8. The molecule has 0 saturated heterocycles. The Morgan fingerprint density at radius 3 is 2.34 bits per heavy atom. The number of fused-ring (bicyclic) bond motifs is 3. The summed E-state index contributed by atoms with van der Waals surface area (Å²) in [4.78, 5) is 45.4. The number of nitrogens with two attached hydrogens (primary N) is 2. The van der Waals surface area contributed by atoms with Crippen LogP contribution in [0, 0.1) is 57.2 Å². The smallest absolute Gasteiger partial charge is 0.331 e. The molecule has 6 rings (SSSR count). The highest BCUT2D eigenvalue weighted by Gasteiger charge is 2.74. The Labute approximate surface area is 313 Å². The van der Waals surface area contributed by atoms with Crippen molar-refractivity contribution in [2.75, 3.05) is 6.54 Å². The minimum absolute atomic E-state index is 0.00215. The first kappa shape index (κ1) is 39.1. The van der Waals surface area contributed by atoms with Gasteiger partial charge in [0.1, 0.15) is 5.78 Å². The average molecular weight is 730 g/mol. The highest BCUT2D eigenvalue weighted by atomic mass is 16.4. The maximum absolute atomic E-state index is 15.5. The summed E-state index contributed by atoms with van der Waals surface area (Å²) in [6.07, 6.45) is 6.02. The molecule has 0 heterocycles. The zero-order valence-corrected chi connectivity index (χ0v) is 32.1. The van der Waals surface area contributed by atoms with Gasteiger partial charge in [0.2, 0.25) is 0 Å². The molecule has 5 aliphatic rings. The standard InChI is InChI=1S/C43H59N3O7/c1-23(38(52)53)20-30(47)27(22-46-39(44)45)25-14-10-11-15-28-36(51)33-34(43(6)32(49)21-29(25)42(28,43)5)35(50)26(17-16-24-12-8-7-9-13-24)37-40(2,3)31(48)18-19-41(33,37)4/h7-9,12-13,16-17,20,25-30,32,35,37,47,49-50H,10-11,14-15,18-19,21-22H2,1-6H3,(H,52,53)(H4,44,45,46). The van der Waals surface area contributed by atoms with Gasteiger partial charge in [0.15, 0.2) is 11.7 Å². The number of hydrogen-bond acceptors (Lipinski definition) is 7. The molecule has 0 spiro atoms. The van der Waals surface area contributed by atoms with Crippen LogP contribution >= 0.6 is 0 Å². The number of carboxylic acid groups (broad SMARTS) is 1. The van der Waals surface area contributed by atoms with Crippen molar-refractivity contribution in [3.8, 4) is 0 Å². The molecule has 0 aromatic heterocycles. The summed E-state index contributed by atoms with van der Waals surface area (Å²) in [5.41, 5.74) is 10.3. The SMILES string of the molecule is CC(=CC(O)C(CN=C(N)N)C1CCCCC2C(=O)C3=C(C(O)C(C=Cc4ccccc4)C4C(C)(C)C(=O)CCC34C)C3(C)C(O)CC1C23C)C(=O)O. The number of hydrogen-bond donors (Lipinski definition) is 6. The normalized spacial score (nSPS) is 39.3. The highest BCUT2D eigenvalue weighted by molar-refractivity contribution is 6.03. The Morgan fingerprint density at radius 2 is 1.70 bits per heavy atom. The van der Waals surface area contributed by atoms with Crippen LogP contribution in [0.2, 0.25) is 0 Å². The molecule has 1 aromatic carbocycles. The van der Waals surface area contributed by atoms with E-state index in [4.69, 9.17) is 11.5 Å². The number of aliphatic hydroxyl groups excluding tert-OH is 3. The fraction of sp³-hybridized carbons (Fsp3) is 0.628. The largest absolute Gasteiger partial charge is 0.478 e. The number of aliphatic carboxylic acids is 1. The molecular weight excluding hydrogens is 670 g/mol. The van der Waals surface area contributed by atoms with Crippen LogP contribution < -0.4 is 11.5 Å². The molecular formula is C43H59N3O7. The van der Waals surface area contributed by atoms with E-state index in [1.54, 1.807) is 0 Å². The summed E-state index contributed by atoms with van der Waals surface area (Å²) in [6, 6.07) is 9.83. The lowest BCUT2D eigenvalue weighted by atomic mass is 9.38. The third-order valence-electron chi connectivity index (χ3n) is 15.2. The average Bonchev–Trinajstić information content (AvgIpc) is 3.29. The molecule has 0 radical (unpaired) electrons. The number of aliphatic hydroxyl groups is 3. The van der Waals surface area contributed by atoms with Crippen LogP contribution in [0.5, 0.6) is 0 Å². The van der Waals surface area contributed by atoms with Gasteiger partial charge in [-0.15, -0.1) is 0 Å². The van der Waals surface area contributed by atoms with Crippen molar-refractivity contribution in [1.29, 1.82) is 0 Å². The number of rotatable bonds is 8. The van der Waals surface area contributed by atoms with Crippen LogP contribution in [0.1, 0.15) is 92.1 Å². The second-order valence-electron chi connectivity index (χ2n) is 17.9. The van der Waals surface area contributed by atoms with Crippen molar-refractivity contribution in [3.63, 3.8) is 0 Å². The van der Waals surface area contributed by atoms with E-state index in [2.05, 4.69) is 18.8 Å². The van der Waals surface area contributed by atoms with E-state index in [1.807, 2.05) is 63.3 Å². The molecule has 8 N–H and O–H groups in total. The zero-order chi connectivity index (χ0) is 38.8. The second kappa shape index (κ2) is 13.9. The Kier molecular flexibility index (Phi) is 10.3. The molecule has 0 aliphatic heterocycles. The molecule has 53 heavy (non-hydrogen) atoms. The number of guanidine groups is 1. The van der Waals surface area contributed by atoms with Crippen molar-refractivity contribution < 1.29 is 34.8 Å². The Bertz CT molecular complexity index is 1760. The molecule has 1 aromatic rings. The summed E-state index contributed by atoms with van der Waals surface area (Å²) >= 11 is 0. The number of benzene rings is 1. The number of Topliss-reactive ketones (excluding diaryl/α,β-unsaturated/α-hetero) is 2. The fourth-order valence-corrected chi connectivity index (χ4v) is 12.5. The number of allylic oxidation sites excluding steroid dienone is 1. The predicted molar refractivity (Wildman–Crippen MR) is 204 cm³/mol. The van der Waals surface area contributed by atoms with Gasteiger partial charge in [0, 0.05) is 58.1 Å². The molecule has 5 aliphatic carbocycles. The molecule has 0 amide bonds. The van der Waals surface area contributed by atoms with Gasteiger partial charge >= 0.3 is 5.97 Å². The van der Waals surface area contributed by atoms with E-state index in [1.165, 1.54) is 13.0 Å². The van der Waals surface area contributed by atoms with Crippen LogP contribution in [-0.4, -0.2) is 68.8 Å². The van der Waals surface area contributed by atoms with E-state index < -0.39 is 63.7 Å². The quantitative estimate of drug-likeness (QED) is 0.120. The van der Waals surface area contributed by atoms with Gasteiger partial charge in [0.25, 0.3) is 0 Å². The van der Waals surface area contributed by atoms with Crippen LogP contribution in [0.15, 0.2) is 64.2 Å². The van der Waals surface area contributed by atoms with Gasteiger partial charge in [-0.25, -0.2) is 4.79 Å². The zero-order valence-electron chi connectivity index (χ0n) is 32.1. The van der Waals surface area contributed by atoms with E-state index in [0.29, 0.717) is 43.3 Å². The predicted octanol–water partition coefficient (Wildman–Crippen LogP) is 5.06. The van der Waals surface area contributed by atoms with Crippen LogP contribution in [0.25, 0.3) is 6.08 Å². The summed E-state index contributed by atoms with van der Waals surface area (Å²) in [7, 11) is 0. The van der Waals surface area contributed by atoms with Crippen molar-refractivity contribution in [2.24, 2.45) is 73.6 Å². The van der Waals surface area contributed by atoms with Gasteiger partial charge in [-0.05, 0) is 73.0 Å². The molecule has 10 heteroatoms. The highest BCUT2D eigenvalue weighted by Crippen LogP contribution is 2.75. The minimum atomic E-state index is -1.20. The van der Waals surface area contributed by atoms with Crippen molar-refractivity contribution in [2.45, 2.75) is 105 Å². The fourth-order valence-electron chi connectivity index (χ4n) is 12.5. The number of carboxylic acids is 1. The number of carbonyl (C=O) groups is 3. The van der Waals surface area contributed by atoms with Crippen LogP contribution in [0.3, 0.4) is 0 Å². The Balaban J connectivity index is 1.56. The summed E-state index contributed by atoms with van der Waals surface area (Å²) in [6.45, 7) is 11.6. The third-order valence-corrected chi connectivity index (χ3v) is 15.2. The molecule has 288 valence electrons. The van der Waals surface area contributed by atoms with E-state index in [-0.39, 0.29) is 47.4 Å². The summed E-state index contributed by atoms with van der Waals surface area (Å²) in [5.74, 6) is -3.69. The van der Waals surface area contributed by atoms with Crippen molar-refractivity contribution in [1.82, 2.24) is 0 Å². The Morgan fingerprint density at radius 1 is 1.04 bits per heavy atom. The van der Waals surface area contributed by atoms with E-state index >= 15 is 4.79 Å². The molecule has 0 bridgehead atoms. The van der Waals surface area contributed by atoms with E-state index in [0.717, 1.165) is 18.4 Å². The number of carbonyl (C=O) groups excluding carboxylic acids is 2. The van der Waals surface area contributed by atoms with Gasteiger partial charge in [0.05, 0.1) is 18.3 Å². The van der Waals surface area contributed by atoms with Gasteiger partial charge in [-0.2, -0.15) is 0 Å². The second-order valence-corrected chi connectivity index (χ2v) is 17.9. The van der Waals surface area contributed by atoms with Crippen LogP contribution in [-0.2, 0) is 14.4 Å². The van der Waals surface area contributed by atoms with Gasteiger partial charge in [-0.3, -0.25) is 14.6 Å². The third kappa shape index (κ3) is 5.94. The maximum Gasteiger partial charge on any atom is 0.331 e. The maximum atomic E-state index is 15.5. The molecule has 10 nitrogen and oxygen atoms in total. The Hall–Kier alpha value is -3.60. The molecule has 12 atom stereocenters. The number of ketones is 2. The minimum Gasteiger partial charge on any atom is -0.478 e. The summed E-state index contributed by atoms with van der Waals surface area (Å²) < 4.78 is 0. The topological polar surface area (TPSA) is 197 Å². The lowest BCUT2D eigenvalue weighted by Crippen LogP contribution is -2.65. The first-order valence-electron chi connectivity index (χ1n) is 19.4. The van der Waals surface area contributed by atoms with E-state index in [9.17, 15) is 30.0 Å². The van der Waals surface area contributed by atoms with Crippen molar-refractivity contribution in [3.05, 3.63) is 64.8 Å².